The lowest BCUT2D eigenvalue weighted by molar-refractivity contribution is -0.139. The highest BCUT2D eigenvalue weighted by Crippen LogP contribution is 2.28. The Labute approximate surface area is 185 Å². The largest absolute Gasteiger partial charge is 0.463 e. The van der Waals surface area contributed by atoms with Crippen molar-refractivity contribution in [3.63, 3.8) is 0 Å². The lowest BCUT2D eigenvalue weighted by atomic mass is 9.95. The molecule has 3 heterocycles. The van der Waals surface area contributed by atoms with Crippen LogP contribution in [-0.2, 0) is 9.53 Å². The topological polar surface area (TPSA) is 99.7 Å². The van der Waals surface area contributed by atoms with Crippen LogP contribution in [0.3, 0.4) is 0 Å². The maximum atomic E-state index is 13.4. The monoisotopic (exact) mass is 440 g/mol. The minimum atomic E-state index is -0.725. The summed E-state index contributed by atoms with van der Waals surface area (Å²) in [5.41, 5.74) is 1.42. The summed E-state index contributed by atoms with van der Waals surface area (Å²) in [4.78, 5) is 38.1. The third kappa shape index (κ3) is 4.86. The van der Waals surface area contributed by atoms with Gasteiger partial charge >= 0.3 is 12.0 Å². The number of amides is 2. The van der Waals surface area contributed by atoms with E-state index >= 15 is 0 Å². The zero-order valence-electron chi connectivity index (χ0n) is 17.8. The van der Waals surface area contributed by atoms with Crippen LogP contribution in [0, 0.1) is 5.82 Å². The Morgan fingerprint density at radius 1 is 1.16 bits per heavy atom. The first kappa shape index (κ1) is 21.7. The summed E-state index contributed by atoms with van der Waals surface area (Å²) in [5, 5.41) is 5.54. The molecule has 2 amide bonds. The van der Waals surface area contributed by atoms with Gasteiger partial charge in [-0.25, -0.2) is 23.9 Å². The van der Waals surface area contributed by atoms with Crippen LogP contribution in [0.1, 0.15) is 18.5 Å². The number of hydrogen-bond donors (Lipinski definition) is 2. The second-order valence-electron chi connectivity index (χ2n) is 7.51. The van der Waals surface area contributed by atoms with Crippen LogP contribution >= 0.6 is 0 Å². The van der Waals surface area contributed by atoms with Gasteiger partial charge in [0.2, 0.25) is 5.95 Å². The van der Waals surface area contributed by atoms with Crippen LogP contribution in [0.5, 0.6) is 0 Å². The molecule has 0 bridgehead atoms. The number of hydrogen-bond acceptors (Lipinski definition) is 7. The Kier molecular flexibility index (Phi) is 6.60. The van der Waals surface area contributed by atoms with Crippen molar-refractivity contribution in [2.24, 2.45) is 0 Å². The number of carbonyl (C=O) groups is 2. The van der Waals surface area contributed by atoms with Crippen molar-refractivity contribution in [3.05, 3.63) is 65.4 Å². The molecule has 1 saturated heterocycles. The van der Waals surface area contributed by atoms with E-state index in [0.29, 0.717) is 42.4 Å². The molecule has 168 valence electrons. The Balaban J connectivity index is 1.56. The van der Waals surface area contributed by atoms with Gasteiger partial charge in [0.1, 0.15) is 5.82 Å². The highest BCUT2D eigenvalue weighted by atomic mass is 19.1. The third-order valence-corrected chi connectivity index (χ3v) is 5.44. The molecule has 1 aromatic heterocycles. The van der Waals surface area contributed by atoms with Crippen molar-refractivity contribution in [1.29, 1.82) is 0 Å². The van der Waals surface area contributed by atoms with E-state index in [0.717, 1.165) is 13.1 Å². The molecule has 0 unspecified atom stereocenters. The number of nitrogens with one attached hydrogen (secondary N) is 2. The second-order valence-corrected chi connectivity index (χ2v) is 7.51. The van der Waals surface area contributed by atoms with E-state index in [1.165, 1.54) is 12.1 Å². The fourth-order valence-electron chi connectivity index (χ4n) is 3.88. The smallest absolute Gasteiger partial charge is 0.338 e. The van der Waals surface area contributed by atoms with Gasteiger partial charge in [-0.1, -0.05) is 12.1 Å². The zero-order chi connectivity index (χ0) is 22.5. The van der Waals surface area contributed by atoms with Crippen LogP contribution in [0.4, 0.5) is 15.1 Å². The van der Waals surface area contributed by atoms with Gasteiger partial charge < -0.3 is 20.3 Å². The number of halogens is 1. The van der Waals surface area contributed by atoms with E-state index in [1.54, 1.807) is 37.5 Å². The number of carbonyl (C=O) groups excluding carboxylic acids is 2. The van der Waals surface area contributed by atoms with Crippen LogP contribution in [0.15, 0.2) is 54.0 Å². The van der Waals surface area contributed by atoms with Gasteiger partial charge in [0.05, 0.1) is 18.2 Å². The molecule has 2 aliphatic rings. The summed E-state index contributed by atoms with van der Waals surface area (Å²) in [6, 6.07) is 6.35. The number of anilines is 1. The van der Waals surface area contributed by atoms with Crippen LogP contribution in [0.2, 0.25) is 0 Å². The summed E-state index contributed by atoms with van der Waals surface area (Å²) in [5.74, 6) is -0.220. The third-order valence-electron chi connectivity index (χ3n) is 5.44. The molecule has 2 aliphatic heterocycles. The summed E-state index contributed by atoms with van der Waals surface area (Å²) in [6.07, 6.45) is 3.43. The molecule has 0 aliphatic carbocycles. The quantitative estimate of drug-likeness (QED) is 0.659. The number of benzene rings is 1. The van der Waals surface area contributed by atoms with Crippen LogP contribution in [0.25, 0.3) is 0 Å². The first-order chi connectivity index (χ1) is 15.5. The zero-order valence-corrected chi connectivity index (χ0v) is 17.8. The van der Waals surface area contributed by atoms with Crippen molar-refractivity contribution < 1.29 is 18.7 Å². The first-order valence-corrected chi connectivity index (χ1v) is 10.5. The fourth-order valence-corrected chi connectivity index (χ4v) is 3.88. The van der Waals surface area contributed by atoms with E-state index in [9.17, 15) is 14.0 Å². The number of aromatic nitrogens is 2. The Hall–Kier alpha value is -3.53. The van der Waals surface area contributed by atoms with E-state index in [-0.39, 0.29) is 6.61 Å². The molecule has 9 nitrogen and oxygen atoms in total. The summed E-state index contributed by atoms with van der Waals surface area (Å²) < 4.78 is 18.7. The minimum absolute atomic E-state index is 0.204. The number of esters is 1. The molecule has 10 heteroatoms. The van der Waals surface area contributed by atoms with Gasteiger partial charge in [0.15, 0.2) is 0 Å². The van der Waals surface area contributed by atoms with Gasteiger partial charge in [-0.15, -0.1) is 0 Å². The molecule has 0 saturated carbocycles. The number of piperazine rings is 1. The molecule has 2 aromatic rings. The fraction of sp³-hybridized carbons (Fsp3) is 0.364. The normalized spacial score (nSPS) is 19.4. The highest BCUT2D eigenvalue weighted by Gasteiger charge is 2.34. The molecule has 1 atom stereocenters. The van der Waals surface area contributed by atoms with Crippen molar-refractivity contribution in [3.8, 4) is 0 Å². The second kappa shape index (κ2) is 9.73. The first-order valence-electron chi connectivity index (χ1n) is 10.5. The SMILES string of the molecule is CCOC(=O)C1=C(CN2CCN(c3ncccn3)CC2)NC(=O)N[C@H]1c1ccc(F)cc1. The molecule has 0 radical (unpaired) electrons. The maximum absolute atomic E-state index is 13.4. The molecule has 1 fully saturated rings. The predicted molar refractivity (Wildman–Crippen MR) is 115 cm³/mol. The number of ether oxygens (including phenoxy) is 1. The average molecular weight is 440 g/mol. The van der Waals surface area contributed by atoms with E-state index in [1.807, 2.05) is 0 Å². The minimum Gasteiger partial charge on any atom is -0.463 e. The van der Waals surface area contributed by atoms with Crippen molar-refractivity contribution in [2.45, 2.75) is 13.0 Å². The van der Waals surface area contributed by atoms with Crippen molar-refractivity contribution in [1.82, 2.24) is 25.5 Å². The number of rotatable bonds is 6. The van der Waals surface area contributed by atoms with E-state index in [2.05, 4.69) is 30.4 Å². The standard InChI is InChI=1S/C22H25FN6O3/c1-2-32-20(30)18-17(26-22(31)27-19(18)15-4-6-16(23)7-5-15)14-28-10-12-29(13-11-28)21-24-8-3-9-25-21/h3-9,19H,2,10-14H2,1H3,(H2,26,27,31)/t19-/m0/s1. The lowest BCUT2D eigenvalue weighted by Crippen LogP contribution is -2.52. The number of nitrogens with zero attached hydrogens (tertiary/aromatic N) is 4. The Morgan fingerprint density at radius 2 is 1.84 bits per heavy atom. The van der Waals surface area contributed by atoms with Crippen molar-refractivity contribution in [2.75, 3.05) is 44.2 Å². The van der Waals surface area contributed by atoms with Crippen LogP contribution in [-0.4, -0.2) is 66.2 Å². The van der Waals surface area contributed by atoms with Gasteiger partial charge in [-0.2, -0.15) is 0 Å². The molecular formula is C22H25FN6O3. The molecule has 1 aromatic carbocycles. The van der Waals surface area contributed by atoms with Gasteiger partial charge in [0, 0.05) is 50.8 Å². The van der Waals surface area contributed by atoms with E-state index in [4.69, 9.17) is 4.74 Å². The lowest BCUT2D eigenvalue weighted by Gasteiger charge is -2.37. The van der Waals surface area contributed by atoms with Crippen LogP contribution < -0.4 is 15.5 Å². The molecule has 4 rings (SSSR count). The van der Waals surface area contributed by atoms with E-state index < -0.39 is 23.9 Å². The Bertz CT molecular complexity index is 990. The molecule has 0 spiro atoms. The van der Waals surface area contributed by atoms with Gasteiger partial charge in [-0.3, -0.25) is 4.90 Å². The number of urea groups is 1. The summed E-state index contributed by atoms with van der Waals surface area (Å²) in [6.45, 7) is 5.17. The summed E-state index contributed by atoms with van der Waals surface area (Å²) in [7, 11) is 0. The molecule has 2 N–H and O–H groups in total. The Morgan fingerprint density at radius 3 is 2.50 bits per heavy atom. The predicted octanol–water partition coefficient (Wildman–Crippen LogP) is 1.61. The summed E-state index contributed by atoms with van der Waals surface area (Å²) >= 11 is 0. The van der Waals surface area contributed by atoms with Crippen molar-refractivity contribution >= 4 is 17.9 Å². The highest BCUT2D eigenvalue weighted by molar-refractivity contribution is 5.95. The average Bonchev–Trinajstić information content (AvgIpc) is 2.80. The molecule has 32 heavy (non-hydrogen) atoms. The van der Waals surface area contributed by atoms with Gasteiger partial charge in [0.25, 0.3) is 0 Å². The maximum Gasteiger partial charge on any atom is 0.338 e. The van der Waals surface area contributed by atoms with Gasteiger partial charge in [-0.05, 0) is 30.7 Å². The molecular weight excluding hydrogens is 415 g/mol.